The minimum Gasteiger partial charge on any atom is -0.373 e. The number of para-hydroxylation sites is 2. The number of aryl methyl sites for hydroxylation is 2. The number of nitro groups is 2. The summed E-state index contributed by atoms with van der Waals surface area (Å²) in [7, 11) is -8.19. The van der Waals surface area contributed by atoms with Gasteiger partial charge in [0, 0.05) is 62.4 Å². The van der Waals surface area contributed by atoms with Gasteiger partial charge in [0.05, 0.1) is 22.1 Å². The molecule has 0 aliphatic carbocycles. The molecule has 352 valence electrons. The first-order chi connectivity index (χ1) is 32.6. The van der Waals surface area contributed by atoms with Crippen molar-refractivity contribution in [3.05, 3.63) is 210 Å². The third kappa shape index (κ3) is 8.99. The summed E-state index contributed by atoms with van der Waals surface area (Å²) in [5.41, 5.74) is 6.90. The summed E-state index contributed by atoms with van der Waals surface area (Å²) in [5, 5.41) is 23.2. The van der Waals surface area contributed by atoms with Gasteiger partial charge in [-0.15, -0.1) is 0 Å². The first-order valence-corrected chi connectivity index (χ1v) is 25.5. The first-order valence-electron chi connectivity index (χ1n) is 22.6. The zero-order chi connectivity index (χ0) is 47.8. The SMILES string of the molecule is Cc1cccc([C@@H]2C[C@]3(CCO2)CN(S(=O)(=O)c2ccccc2[N+](=O)[O-])Cc2ccccc23)c1.Cc1cccc([C@H]2C[C@@]3(CCO2)CN(S(=O)(=O)c2ccccc2[N+](=O)[O-])Cc2ccccc23)c1. The minimum absolute atomic E-state index is 0.157. The van der Waals surface area contributed by atoms with Crippen molar-refractivity contribution in [2.75, 3.05) is 26.3 Å². The number of fused-ring (bicyclic) bond motifs is 4. The number of hydrogen-bond donors (Lipinski definition) is 0. The fourth-order valence-electron chi connectivity index (χ4n) is 10.7. The second-order valence-corrected chi connectivity index (χ2v) is 22.1. The van der Waals surface area contributed by atoms with Gasteiger partial charge in [-0.05, 0) is 85.0 Å². The van der Waals surface area contributed by atoms with Crippen molar-refractivity contribution in [2.24, 2.45) is 0 Å². The quantitative estimate of drug-likeness (QED) is 0.105. The van der Waals surface area contributed by atoms with Crippen LogP contribution < -0.4 is 0 Å². The number of hydrogen-bond acceptors (Lipinski definition) is 10. The van der Waals surface area contributed by atoms with Crippen LogP contribution in [0.15, 0.2) is 155 Å². The number of rotatable bonds is 8. The summed E-state index contributed by atoms with van der Waals surface area (Å²) in [6.07, 6.45) is 2.31. The average Bonchev–Trinajstić information content (AvgIpc) is 3.34. The molecule has 16 heteroatoms. The van der Waals surface area contributed by atoms with Gasteiger partial charge in [0.25, 0.3) is 11.4 Å². The van der Waals surface area contributed by atoms with Crippen LogP contribution in [0.3, 0.4) is 0 Å². The number of ether oxygens (including phenoxy) is 2. The molecule has 4 heterocycles. The Balaban J connectivity index is 0.000000170. The zero-order valence-corrected chi connectivity index (χ0v) is 39.4. The smallest absolute Gasteiger partial charge is 0.289 e. The maximum Gasteiger partial charge on any atom is 0.289 e. The maximum absolute atomic E-state index is 13.7. The first kappa shape index (κ1) is 46.9. The lowest BCUT2D eigenvalue weighted by molar-refractivity contribution is -0.388. The van der Waals surface area contributed by atoms with Crippen LogP contribution in [0.25, 0.3) is 0 Å². The molecule has 4 atom stereocenters. The molecule has 6 aromatic rings. The van der Waals surface area contributed by atoms with Crippen LogP contribution >= 0.6 is 0 Å². The Bertz CT molecular complexity index is 2920. The third-order valence-corrected chi connectivity index (χ3v) is 17.6. The third-order valence-electron chi connectivity index (χ3n) is 14.0. The van der Waals surface area contributed by atoms with Crippen LogP contribution in [0.5, 0.6) is 0 Å². The Kier molecular flexibility index (Phi) is 12.9. The molecule has 10 rings (SSSR count). The van der Waals surface area contributed by atoms with Gasteiger partial charge in [-0.1, -0.05) is 132 Å². The molecule has 0 N–H and O–H groups in total. The molecule has 0 bridgehead atoms. The number of benzene rings is 6. The van der Waals surface area contributed by atoms with E-state index in [1.807, 2.05) is 86.6 Å². The standard InChI is InChI=1S/2C26H26N2O5S/c2*1-19-7-6-9-20(15-19)24-16-26(13-14-33-24)18-27(17-21-8-2-3-10-22(21)26)34(31,32)25-12-5-4-11-23(25)28(29)30/h2*2-12,15,24H,13-14,16-18H2,1H3/t2*24-,26+/m10/s1. The number of nitrogens with zero attached hydrogens (tertiary/aromatic N) is 4. The lowest BCUT2D eigenvalue weighted by Crippen LogP contribution is -2.50. The highest BCUT2D eigenvalue weighted by molar-refractivity contribution is 7.89. The molecular formula is C52H52N4O10S2. The van der Waals surface area contributed by atoms with E-state index in [1.54, 1.807) is 0 Å². The van der Waals surface area contributed by atoms with Gasteiger partial charge in [0.1, 0.15) is 0 Å². The highest BCUT2D eigenvalue weighted by atomic mass is 32.2. The van der Waals surface area contributed by atoms with Gasteiger partial charge in [0.15, 0.2) is 9.79 Å². The van der Waals surface area contributed by atoms with Crippen molar-refractivity contribution < 1.29 is 36.2 Å². The molecule has 14 nitrogen and oxygen atoms in total. The molecule has 4 aliphatic rings. The highest BCUT2D eigenvalue weighted by Gasteiger charge is 2.49. The van der Waals surface area contributed by atoms with E-state index in [4.69, 9.17) is 9.47 Å². The van der Waals surface area contributed by atoms with Crippen molar-refractivity contribution in [3.8, 4) is 0 Å². The van der Waals surface area contributed by atoms with Crippen molar-refractivity contribution in [2.45, 2.75) is 85.4 Å². The molecule has 4 aliphatic heterocycles. The molecule has 2 fully saturated rings. The lowest BCUT2D eigenvalue weighted by atomic mass is 9.68. The molecule has 6 aromatic carbocycles. The van der Waals surface area contributed by atoms with Gasteiger partial charge < -0.3 is 9.47 Å². The molecule has 2 saturated heterocycles. The highest BCUT2D eigenvalue weighted by Crippen LogP contribution is 2.50. The van der Waals surface area contributed by atoms with E-state index in [-0.39, 0.29) is 48.2 Å². The van der Waals surface area contributed by atoms with E-state index in [0.717, 1.165) is 44.5 Å². The van der Waals surface area contributed by atoms with Gasteiger partial charge in [-0.3, -0.25) is 20.2 Å². The molecule has 0 aromatic heterocycles. The molecular weight excluding hydrogens is 905 g/mol. The fraction of sp³-hybridized carbons (Fsp3) is 0.308. The normalized spacial score (nSPS) is 22.9. The molecule has 0 saturated carbocycles. The van der Waals surface area contributed by atoms with Crippen LogP contribution in [0.2, 0.25) is 0 Å². The van der Waals surface area contributed by atoms with Crippen LogP contribution in [-0.2, 0) is 53.4 Å². The summed E-state index contributed by atoms with van der Waals surface area (Å²) >= 11 is 0. The summed E-state index contributed by atoms with van der Waals surface area (Å²) in [6.45, 7) is 5.97. The Morgan fingerprint density at radius 3 is 1.31 bits per heavy atom. The van der Waals surface area contributed by atoms with Gasteiger partial charge >= 0.3 is 0 Å². The summed E-state index contributed by atoms with van der Waals surface area (Å²) in [5.74, 6) is 0. The number of sulfonamides is 2. The van der Waals surface area contributed by atoms with Gasteiger partial charge in [-0.25, -0.2) is 16.8 Å². The van der Waals surface area contributed by atoms with Crippen LogP contribution in [0.4, 0.5) is 11.4 Å². The van der Waals surface area contributed by atoms with Crippen molar-refractivity contribution in [3.63, 3.8) is 0 Å². The van der Waals surface area contributed by atoms with Gasteiger partial charge in [-0.2, -0.15) is 8.61 Å². The van der Waals surface area contributed by atoms with Crippen molar-refractivity contribution in [1.29, 1.82) is 0 Å². The molecule has 0 radical (unpaired) electrons. The second kappa shape index (κ2) is 18.7. The monoisotopic (exact) mass is 956 g/mol. The Hall–Kier alpha value is -6.14. The van der Waals surface area contributed by atoms with Crippen LogP contribution in [0, 0.1) is 34.1 Å². The predicted molar refractivity (Wildman–Crippen MR) is 256 cm³/mol. The predicted octanol–water partition coefficient (Wildman–Crippen LogP) is 9.79. The van der Waals surface area contributed by atoms with Crippen LogP contribution in [-0.4, -0.2) is 61.6 Å². The Labute approximate surface area is 396 Å². The summed E-state index contributed by atoms with van der Waals surface area (Å²) in [6, 6.07) is 43.4. The molecule has 2 spiro atoms. The summed E-state index contributed by atoms with van der Waals surface area (Å²) in [4.78, 5) is 21.4. The second-order valence-electron chi connectivity index (χ2n) is 18.3. The van der Waals surface area contributed by atoms with Crippen molar-refractivity contribution >= 4 is 31.4 Å². The molecule has 0 unspecified atom stereocenters. The van der Waals surface area contributed by atoms with E-state index >= 15 is 0 Å². The lowest BCUT2D eigenvalue weighted by Gasteiger charge is -2.48. The Morgan fingerprint density at radius 2 is 0.912 bits per heavy atom. The van der Waals surface area contributed by atoms with E-state index in [9.17, 15) is 37.1 Å². The Morgan fingerprint density at radius 1 is 0.529 bits per heavy atom. The minimum atomic E-state index is -4.09. The zero-order valence-electron chi connectivity index (χ0n) is 37.8. The van der Waals surface area contributed by atoms with E-state index in [0.29, 0.717) is 38.9 Å². The van der Waals surface area contributed by atoms with E-state index in [1.165, 1.54) is 57.1 Å². The molecule has 68 heavy (non-hydrogen) atoms. The molecule has 0 amide bonds. The van der Waals surface area contributed by atoms with E-state index < -0.39 is 52.1 Å². The van der Waals surface area contributed by atoms with Gasteiger partial charge in [0.2, 0.25) is 20.0 Å². The topological polar surface area (TPSA) is 179 Å². The van der Waals surface area contributed by atoms with E-state index in [2.05, 4.69) is 24.3 Å². The van der Waals surface area contributed by atoms with Crippen LogP contribution in [0.1, 0.15) is 82.4 Å². The number of nitro benzene ring substituents is 2. The average molecular weight is 957 g/mol. The largest absolute Gasteiger partial charge is 0.373 e. The van der Waals surface area contributed by atoms with Crippen molar-refractivity contribution in [1.82, 2.24) is 8.61 Å². The summed E-state index contributed by atoms with van der Waals surface area (Å²) < 4.78 is 70.1. The fourth-order valence-corrected chi connectivity index (χ4v) is 14.1. The maximum atomic E-state index is 13.7.